The van der Waals surface area contributed by atoms with Crippen molar-refractivity contribution in [3.63, 3.8) is 0 Å². The van der Waals surface area contributed by atoms with Crippen LogP contribution in [-0.2, 0) is 25.2 Å². The van der Waals surface area contributed by atoms with Crippen molar-refractivity contribution in [1.82, 2.24) is 0 Å². The van der Waals surface area contributed by atoms with Crippen LogP contribution in [0.25, 0.3) is 0 Å². The predicted molar refractivity (Wildman–Crippen MR) is 113 cm³/mol. The van der Waals surface area contributed by atoms with Crippen molar-refractivity contribution in [3.8, 4) is 0 Å². The van der Waals surface area contributed by atoms with Gasteiger partial charge in [0, 0.05) is 6.42 Å². The van der Waals surface area contributed by atoms with Crippen molar-refractivity contribution in [1.29, 1.82) is 0 Å². The topological polar surface area (TPSA) is 72.8 Å². The summed E-state index contributed by atoms with van der Waals surface area (Å²) in [5, 5.41) is 9.64. The standard InChI is InChI=1S/C24H24O5S/c1-18-13-15-21(16-14-18)30(26,27)22-17-24(29-28-23(22,2)25,19-9-5-3-6-10-19)20-11-7-4-8-12-20/h3-16,22,25H,17H2,1-2H3. The molecule has 1 aliphatic heterocycles. The average Bonchev–Trinajstić information content (AvgIpc) is 2.75. The highest BCUT2D eigenvalue weighted by Crippen LogP contribution is 2.47. The zero-order valence-corrected chi connectivity index (χ0v) is 17.7. The largest absolute Gasteiger partial charge is 0.362 e. The fourth-order valence-corrected chi connectivity index (χ4v) is 5.81. The van der Waals surface area contributed by atoms with E-state index in [1.165, 1.54) is 6.92 Å². The molecule has 0 amide bonds. The summed E-state index contributed by atoms with van der Waals surface area (Å²) in [5.74, 6) is -2.02. The van der Waals surface area contributed by atoms with Crippen LogP contribution in [-0.4, -0.2) is 24.6 Å². The lowest BCUT2D eigenvalue weighted by Crippen LogP contribution is -2.56. The Morgan fingerprint density at radius 2 is 1.33 bits per heavy atom. The van der Waals surface area contributed by atoms with Gasteiger partial charge in [-0.25, -0.2) is 13.3 Å². The van der Waals surface area contributed by atoms with Gasteiger partial charge in [-0.3, -0.25) is 0 Å². The molecule has 0 bridgehead atoms. The van der Waals surface area contributed by atoms with Crippen LogP contribution < -0.4 is 0 Å². The lowest BCUT2D eigenvalue weighted by Gasteiger charge is -2.45. The summed E-state index contributed by atoms with van der Waals surface area (Å²) in [6, 6.07) is 25.3. The Morgan fingerprint density at radius 3 is 1.83 bits per heavy atom. The number of sulfone groups is 1. The summed E-state index contributed by atoms with van der Waals surface area (Å²) in [4.78, 5) is 11.4. The molecule has 0 aliphatic carbocycles. The molecule has 3 aromatic rings. The second-order valence-electron chi connectivity index (χ2n) is 7.83. The molecule has 4 rings (SSSR count). The molecular formula is C24H24O5S. The van der Waals surface area contributed by atoms with Crippen molar-refractivity contribution < 1.29 is 23.3 Å². The zero-order chi connectivity index (χ0) is 21.4. The fraction of sp³-hybridized carbons (Fsp3) is 0.250. The molecule has 30 heavy (non-hydrogen) atoms. The Kier molecular flexibility index (Phi) is 5.28. The van der Waals surface area contributed by atoms with Crippen LogP contribution in [0.2, 0.25) is 0 Å². The van der Waals surface area contributed by atoms with Gasteiger partial charge < -0.3 is 5.11 Å². The Bertz CT molecular complexity index is 1070. The number of hydrogen-bond acceptors (Lipinski definition) is 5. The Balaban J connectivity index is 1.86. The highest BCUT2D eigenvalue weighted by molar-refractivity contribution is 7.92. The van der Waals surface area contributed by atoms with E-state index in [9.17, 15) is 13.5 Å². The second-order valence-corrected chi connectivity index (χ2v) is 9.96. The third kappa shape index (κ3) is 3.56. The first-order valence-electron chi connectivity index (χ1n) is 9.76. The molecule has 156 valence electrons. The minimum atomic E-state index is -3.93. The quantitative estimate of drug-likeness (QED) is 0.637. The first kappa shape index (κ1) is 20.8. The third-order valence-corrected chi connectivity index (χ3v) is 7.91. The van der Waals surface area contributed by atoms with Crippen LogP contribution in [0.1, 0.15) is 30.0 Å². The van der Waals surface area contributed by atoms with Crippen LogP contribution in [0.5, 0.6) is 0 Å². The number of benzene rings is 3. The molecule has 2 unspecified atom stereocenters. The van der Waals surface area contributed by atoms with Crippen LogP contribution in [0.4, 0.5) is 0 Å². The van der Waals surface area contributed by atoms with E-state index in [1.54, 1.807) is 24.3 Å². The van der Waals surface area contributed by atoms with Gasteiger partial charge in [0.1, 0.15) is 5.25 Å². The van der Waals surface area contributed by atoms with Crippen molar-refractivity contribution in [2.45, 2.75) is 41.8 Å². The molecule has 3 aromatic carbocycles. The van der Waals surface area contributed by atoms with Gasteiger partial charge in [-0.1, -0.05) is 78.4 Å². The van der Waals surface area contributed by atoms with Gasteiger partial charge in [0.15, 0.2) is 15.4 Å². The molecule has 2 atom stereocenters. The smallest absolute Gasteiger partial charge is 0.213 e. The van der Waals surface area contributed by atoms with Gasteiger partial charge in [0.2, 0.25) is 5.79 Å². The first-order valence-corrected chi connectivity index (χ1v) is 11.3. The van der Waals surface area contributed by atoms with E-state index in [4.69, 9.17) is 9.78 Å². The number of rotatable bonds is 4. The van der Waals surface area contributed by atoms with Crippen LogP contribution in [0, 0.1) is 6.92 Å². The number of aliphatic hydroxyl groups is 1. The Labute approximate surface area is 176 Å². The Hall–Kier alpha value is -2.51. The highest BCUT2D eigenvalue weighted by Gasteiger charge is 2.56. The van der Waals surface area contributed by atoms with Crippen molar-refractivity contribution in [3.05, 3.63) is 102 Å². The zero-order valence-electron chi connectivity index (χ0n) is 16.9. The summed E-state index contributed by atoms with van der Waals surface area (Å²) in [6.45, 7) is 3.21. The van der Waals surface area contributed by atoms with E-state index in [0.29, 0.717) is 0 Å². The molecule has 5 nitrogen and oxygen atoms in total. The molecule has 1 heterocycles. The lowest BCUT2D eigenvalue weighted by molar-refractivity contribution is -0.475. The highest BCUT2D eigenvalue weighted by atomic mass is 32.2. The van der Waals surface area contributed by atoms with Crippen molar-refractivity contribution >= 4 is 9.84 Å². The maximum absolute atomic E-state index is 13.6. The third-order valence-electron chi connectivity index (χ3n) is 5.63. The summed E-state index contributed by atoms with van der Waals surface area (Å²) >= 11 is 0. The fourth-order valence-electron chi connectivity index (χ4n) is 3.90. The van der Waals surface area contributed by atoms with E-state index >= 15 is 0 Å². The van der Waals surface area contributed by atoms with Crippen molar-refractivity contribution in [2.24, 2.45) is 0 Å². The van der Waals surface area contributed by atoms with Gasteiger partial charge in [0.25, 0.3) is 0 Å². The molecule has 1 fully saturated rings. The molecule has 6 heteroatoms. The van der Waals surface area contributed by atoms with Gasteiger partial charge in [-0.05, 0) is 37.1 Å². The molecule has 0 saturated carbocycles. The SMILES string of the molecule is Cc1ccc(S(=O)(=O)C2CC(c3ccccc3)(c3ccccc3)OOC2(C)O)cc1. The van der Waals surface area contributed by atoms with Crippen LogP contribution in [0.3, 0.4) is 0 Å². The maximum atomic E-state index is 13.6. The molecule has 0 aromatic heterocycles. The van der Waals surface area contributed by atoms with E-state index in [0.717, 1.165) is 16.7 Å². The van der Waals surface area contributed by atoms with Crippen molar-refractivity contribution in [2.75, 3.05) is 0 Å². The van der Waals surface area contributed by atoms with Gasteiger partial charge in [0.05, 0.1) is 4.90 Å². The lowest BCUT2D eigenvalue weighted by atomic mass is 9.81. The average molecular weight is 425 g/mol. The summed E-state index contributed by atoms with van der Waals surface area (Å²) < 4.78 is 27.1. The normalized spacial score (nSPS) is 23.8. The minimum Gasteiger partial charge on any atom is -0.362 e. The van der Waals surface area contributed by atoms with E-state index in [2.05, 4.69) is 0 Å². The van der Waals surface area contributed by atoms with E-state index in [-0.39, 0.29) is 11.3 Å². The van der Waals surface area contributed by atoms with Gasteiger partial charge in [-0.2, -0.15) is 4.89 Å². The molecule has 1 N–H and O–H groups in total. The monoisotopic (exact) mass is 424 g/mol. The maximum Gasteiger partial charge on any atom is 0.213 e. The van der Waals surface area contributed by atoms with Crippen LogP contribution >= 0.6 is 0 Å². The van der Waals surface area contributed by atoms with Gasteiger partial charge >= 0.3 is 0 Å². The number of hydrogen-bond donors (Lipinski definition) is 1. The molecule has 0 radical (unpaired) electrons. The second kappa shape index (κ2) is 7.63. The Morgan fingerprint density at radius 1 is 0.833 bits per heavy atom. The predicted octanol–water partition coefficient (Wildman–Crippen LogP) is 4.14. The molecule has 1 saturated heterocycles. The molecule has 1 aliphatic rings. The van der Waals surface area contributed by atoms with E-state index in [1.807, 2.05) is 67.6 Å². The summed E-state index contributed by atoms with van der Waals surface area (Å²) in [7, 11) is -3.93. The molecular weight excluding hydrogens is 400 g/mol. The number of aryl methyl sites for hydroxylation is 1. The van der Waals surface area contributed by atoms with E-state index < -0.39 is 26.5 Å². The van der Waals surface area contributed by atoms with Crippen LogP contribution in [0.15, 0.2) is 89.8 Å². The summed E-state index contributed by atoms with van der Waals surface area (Å²) in [6.07, 6.45) is -0.00969. The minimum absolute atomic E-state index is 0.00969. The first-order chi connectivity index (χ1) is 14.3. The van der Waals surface area contributed by atoms with Gasteiger partial charge in [-0.15, -0.1) is 0 Å². The molecule has 0 spiro atoms. The summed E-state index contributed by atoms with van der Waals surface area (Å²) in [5.41, 5.74) is 1.26.